The number of nitrogens with two attached hydrogens (primary N) is 1. The zero-order valence-electron chi connectivity index (χ0n) is 12.8. The highest BCUT2D eigenvalue weighted by Gasteiger charge is 2.31. The lowest BCUT2D eigenvalue weighted by Crippen LogP contribution is -2.54. The fourth-order valence-corrected chi connectivity index (χ4v) is 2.39. The summed E-state index contributed by atoms with van der Waals surface area (Å²) in [5.74, 6) is -2.33. The molecule has 1 rings (SSSR count). The van der Waals surface area contributed by atoms with Crippen LogP contribution in [-0.4, -0.2) is 40.8 Å². The van der Waals surface area contributed by atoms with Gasteiger partial charge in [-0.05, 0) is 30.5 Å². The van der Waals surface area contributed by atoms with Crippen LogP contribution in [0.2, 0.25) is 10.0 Å². The van der Waals surface area contributed by atoms with Gasteiger partial charge >= 0.3 is 7.12 Å². The monoisotopic (exact) mass is 360 g/mol. The van der Waals surface area contributed by atoms with Crippen molar-refractivity contribution in [3.05, 3.63) is 33.8 Å². The van der Waals surface area contributed by atoms with Gasteiger partial charge in [-0.25, -0.2) is 0 Å². The van der Waals surface area contributed by atoms with Crippen LogP contribution in [0.3, 0.4) is 0 Å². The van der Waals surface area contributed by atoms with Gasteiger partial charge in [0.25, 0.3) is 0 Å². The number of nitrogens with one attached hydrogen (secondary N) is 1. The van der Waals surface area contributed by atoms with Crippen LogP contribution in [0.5, 0.6) is 0 Å². The molecule has 126 valence electrons. The van der Waals surface area contributed by atoms with Crippen molar-refractivity contribution >= 4 is 42.0 Å². The first-order valence-electron chi connectivity index (χ1n) is 7.04. The van der Waals surface area contributed by atoms with Crippen molar-refractivity contribution in [3.63, 3.8) is 0 Å². The van der Waals surface area contributed by atoms with Crippen LogP contribution in [0.4, 0.5) is 0 Å². The summed E-state index contributed by atoms with van der Waals surface area (Å²) in [4.78, 5) is 24.4. The van der Waals surface area contributed by atoms with Crippen LogP contribution in [-0.2, 0) is 4.79 Å². The molecule has 0 spiro atoms. The normalized spacial score (nSPS) is 13.6. The molecule has 23 heavy (non-hydrogen) atoms. The first kappa shape index (κ1) is 19.9. The van der Waals surface area contributed by atoms with Crippen molar-refractivity contribution in [1.29, 1.82) is 0 Å². The lowest BCUT2D eigenvalue weighted by Gasteiger charge is -2.21. The van der Waals surface area contributed by atoms with E-state index in [0.717, 1.165) is 0 Å². The van der Waals surface area contributed by atoms with Crippen LogP contribution >= 0.6 is 23.2 Å². The smallest absolute Gasteiger partial charge is 0.426 e. The SMILES string of the molecule is CC(C)C[C@H](NC(=O)C(N)C(=O)c1cc(Cl)ccc1Cl)B(O)O. The van der Waals surface area contributed by atoms with E-state index >= 15 is 0 Å². The van der Waals surface area contributed by atoms with Crippen LogP contribution < -0.4 is 11.1 Å². The molecule has 5 N–H and O–H groups in total. The molecule has 0 bridgehead atoms. The van der Waals surface area contributed by atoms with Gasteiger partial charge in [-0.1, -0.05) is 37.0 Å². The molecule has 6 nitrogen and oxygen atoms in total. The highest BCUT2D eigenvalue weighted by Crippen LogP contribution is 2.21. The zero-order valence-corrected chi connectivity index (χ0v) is 14.3. The van der Waals surface area contributed by atoms with Gasteiger partial charge in [0.1, 0.15) is 6.04 Å². The van der Waals surface area contributed by atoms with Gasteiger partial charge in [0.2, 0.25) is 5.91 Å². The van der Waals surface area contributed by atoms with Crippen molar-refractivity contribution in [2.24, 2.45) is 11.7 Å². The second kappa shape index (κ2) is 8.66. The molecular weight excluding hydrogens is 342 g/mol. The molecule has 0 aliphatic heterocycles. The topological polar surface area (TPSA) is 113 Å². The Morgan fingerprint density at radius 2 is 1.91 bits per heavy atom. The van der Waals surface area contributed by atoms with E-state index in [-0.39, 0.29) is 21.5 Å². The fraction of sp³-hybridized carbons (Fsp3) is 0.429. The molecule has 2 atom stereocenters. The van der Waals surface area contributed by atoms with Gasteiger partial charge < -0.3 is 21.1 Å². The highest BCUT2D eigenvalue weighted by atomic mass is 35.5. The van der Waals surface area contributed by atoms with E-state index in [0.29, 0.717) is 6.42 Å². The van der Waals surface area contributed by atoms with Gasteiger partial charge in [0.15, 0.2) is 5.78 Å². The fourth-order valence-electron chi connectivity index (χ4n) is 2.01. The number of amides is 1. The third kappa shape index (κ3) is 5.78. The minimum Gasteiger partial charge on any atom is -0.426 e. The zero-order chi connectivity index (χ0) is 17.7. The summed E-state index contributed by atoms with van der Waals surface area (Å²) >= 11 is 11.7. The average Bonchev–Trinajstić information content (AvgIpc) is 2.46. The molecule has 1 amide bonds. The summed E-state index contributed by atoms with van der Waals surface area (Å²) in [5, 5.41) is 21.4. The van der Waals surface area contributed by atoms with E-state index in [9.17, 15) is 19.6 Å². The van der Waals surface area contributed by atoms with E-state index in [1.807, 2.05) is 13.8 Å². The molecule has 1 aromatic carbocycles. The molecule has 0 aliphatic carbocycles. The van der Waals surface area contributed by atoms with Gasteiger partial charge in [-0.3, -0.25) is 9.59 Å². The summed E-state index contributed by atoms with van der Waals surface area (Å²) < 4.78 is 0. The Morgan fingerprint density at radius 1 is 1.30 bits per heavy atom. The Labute approximate surface area is 145 Å². The first-order chi connectivity index (χ1) is 10.6. The molecule has 0 aromatic heterocycles. The molecular formula is C14H19BCl2N2O4. The summed E-state index contributed by atoms with van der Waals surface area (Å²) in [5.41, 5.74) is 5.70. The number of carbonyl (C=O) groups excluding carboxylic acids is 2. The number of benzene rings is 1. The van der Waals surface area contributed by atoms with Crippen molar-refractivity contribution < 1.29 is 19.6 Å². The van der Waals surface area contributed by atoms with E-state index in [4.69, 9.17) is 28.9 Å². The number of rotatable bonds is 7. The molecule has 1 aromatic rings. The second-order valence-electron chi connectivity index (χ2n) is 5.62. The molecule has 0 radical (unpaired) electrons. The number of halogens is 2. The quantitative estimate of drug-likeness (QED) is 0.330. The third-order valence-corrected chi connectivity index (χ3v) is 3.74. The van der Waals surface area contributed by atoms with Gasteiger partial charge in [0, 0.05) is 10.6 Å². The second-order valence-corrected chi connectivity index (χ2v) is 6.47. The molecule has 9 heteroatoms. The van der Waals surface area contributed by atoms with E-state index in [1.54, 1.807) is 0 Å². The number of hydrogen-bond acceptors (Lipinski definition) is 5. The van der Waals surface area contributed by atoms with Crippen LogP contribution in [0.15, 0.2) is 18.2 Å². The number of ketones is 1. The predicted octanol–water partition coefficient (Wildman–Crippen LogP) is 1.05. The number of hydrogen-bond donors (Lipinski definition) is 4. The van der Waals surface area contributed by atoms with Crippen LogP contribution in [0.25, 0.3) is 0 Å². The lowest BCUT2D eigenvalue weighted by atomic mass is 9.75. The van der Waals surface area contributed by atoms with Gasteiger partial charge in [-0.2, -0.15) is 0 Å². The summed E-state index contributed by atoms with van der Waals surface area (Å²) in [6.45, 7) is 3.72. The van der Waals surface area contributed by atoms with E-state index in [1.165, 1.54) is 18.2 Å². The van der Waals surface area contributed by atoms with E-state index in [2.05, 4.69) is 5.32 Å². The summed E-state index contributed by atoms with van der Waals surface area (Å²) in [6, 6.07) is 2.74. The average molecular weight is 361 g/mol. The molecule has 0 aliphatic rings. The van der Waals surface area contributed by atoms with Crippen molar-refractivity contribution in [2.75, 3.05) is 0 Å². The minimum atomic E-state index is -1.75. The predicted molar refractivity (Wildman–Crippen MR) is 90.3 cm³/mol. The molecule has 0 saturated carbocycles. The maximum atomic E-state index is 12.3. The highest BCUT2D eigenvalue weighted by molar-refractivity contribution is 6.44. The van der Waals surface area contributed by atoms with Crippen molar-refractivity contribution in [3.8, 4) is 0 Å². The van der Waals surface area contributed by atoms with E-state index < -0.39 is 30.8 Å². The molecule has 0 fully saturated rings. The Kier molecular flexibility index (Phi) is 7.50. The molecule has 0 saturated heterocycles. The standard InChI is InChI=1S/C14H19BCl2N2O4/c1-7(2)5-11(15(22)23)19-14(21)12(18)13(20)9-6-8(16)3-4-10(9)17/h3-4,6-7,11-12,22-23H,5,18H2,1-2H3,(H,19,21)/t11-,12?/m0/s1. The number of Topliss-reactive ketones (excluding diaryl/α,β-unsaturated/α-hetero) is 1. The third-order valence-electron chi connectivity index (χ3n) is 3.17. The van der Waals surface area contributed by atoms with Crippen LogP contribution in [0, 0.1) is 5.92 Å². The molecule has 0 heterocycles. The summed E-state index contributed by atoms with van der Waals surface area (Å²) in [6.07, 6.45) is 0.322. The van der Waals surface area contributed by atoms with Gasteiger partial charge in [-0.15, -0.1) is 0 Å². The Morgan fingerprint density at radius 3 is 2.43 bits per heavy atom. The van der Waals surface area contributed by atoms with Crippen molar-refractivity contribution in [2.45, 2.75) is 32.3 Å². The van der Waals surface area contributed by atoms with Crippen LogP contribution in [0.1, 0.15) is 30.6 Å². The lowest BCUT2D eigenvalue weighted by molar-refractivity contribution is -0.121. The Hall–Kier alpha value is -1.12. The van der Waals surface area contributed by atoms with Gasteiger partial charge in [0.05, 0.1) is 11.0 Å². The Bertz CT molecular complexity index is 584. The number of carbonyl (C=O) groups is 2. The maximum Gasteiger partial charge on any atom is 0.475 e. The maximum absolute atomic E-state index is 12.3. The van der Waals surface area contributed by atoms with Crippen molar-refractivity contribution in [1.82, 2.24) is 5.32 Å². The Balaban J connectivity index is 2.86. The first-order valence-corrected chi connectivity index (χ1v) is 7.80. The molecule has 1 unspecified atom stereocenters. The largest absolute Gasteiger partial charge is 0.475 e. The minimum absolute atomic E-state index is 0.0340. The summed E-state index contributed by atoms with van der Waals surface area (Å²) in [7, 11) is -1.75.